The number of hydrogen-bond donors (Lipinski definition) is 2. The van der Waals surface area contributed by atoms with Gasteiger partial charge in [-0.2, -0.15) is 0 Å². The van der Waals surface area contributed by atoms with Gasteiger partial charge in [-0.3, -0.25) is 0 Å². The van der Waals surface area contributed by atoms with Gasteiger partial charge in [0.2, 0.25) is 0 Å². The Bertz CT molecular complexity index is 659. The fourth-order valence-corrected chi connectivity index (χ4v) is 2.07. The largest absolute Gasteiger partial charge is 0.478 e. The summed E-state index contributed by atoms with van der Waals surface area (Å²) in [4.78, 5) is 25.9. The molecule has 0 aliphatic rings. The van der Waals surface area contributed by atoms with Crippen LogP contribution in [0.15, 0.2) is 30.5 Å². The minimum Gasteiger partial charge on any atom is -0.478 e. The lowest BCUT2D eigenvalue weighted by atomic mass is 10.1. The van der Waals surface area contributed by atoms with E-state index in [1.807, 2.05) is 6.92 Å². The number of benzene rings is 1. The van der Waals surface area contributed by atoms with E-state index in [1.165, 1.54) is 18.3 Å². The molecule has 0 aliphatic heterocycles. The lowest BCUT2D eigenvalue weighted by Crippen LogP contribution is -2.04. The maximum Gasteiger partial charge on any atom is 0.356 e. The van der Waals surface area contributed by atoms with E-state index in [2.05, 4.69) is 4.98 Å². The summed E-state index contributed by atoms with van der Waals surface area (Å²) in [5, 5.41) is 17.9. The van der Waals surface area contributed by atoms with Gasteiger partial charge < -0.3 is 14.8 Å². The molecule has 0 spiro atoms. The molecule has 2 rings (SSSR count). The first-order chi connectivity index (χ1) is 10.0. The zero-order valence-corrected chi connectivity index (χ0v) is 11.6. The molecule has 110 valence electrons. The third-order valence-corrected chi connectivity index (χ3v) is 3.11. The van der Waals surface area contributed by atoms with Crippen molar-refractivity contribution >= 4 is 11.9 Å². The molecular weight excluding hydrogens is 272 g/mol. The highest BCUT2D eigenvalue weighted by atomic mass is 16.4. The number of carboxylic acid groups (broad SMARTS) is 2. The van der Waals surface area contributed by atoms with Crippen LogP contribution < -0.4 is 0 Å². The van der Waals surface area contributed by atoms with Crippen molar-refractivity contribution in [2.45, 2.75) is 26.3 Å². The number of aromatic nitrogens is 2. The van der Waals surface area contributed by atoms with Gasteiger partial charge in [-0.05, 0) is 24.1 Å². The number of carboxylic acids is 2. The van der Waals surface area contributed by atoms with E-state index in [4.69, 9.17) is 10.2 Å². The summed E-state index contributed by atoms with van der Waals surface area (Å²) >= 11 is 0. The molecule has 0 saturated heterocycles. The highest BCUT2D eigenvalue weighted by molar-refractivity contribution is 5.87. The highest BCUT2D eigenvalue weighted by Crippen LogP contribution is 2.11. The average molecular weight is 288 g/mol. The third kappa shape index (κ3) is 3.47. The summed E-state index contributed by atoms with van der Waals surface area (Å²) in [6, 6.07) is 6.51. The molecule has 0 aliphatic carbocycles. The van der Waals surface area contributed by atoms with E-state index in [9.17, 15) is 9.59 Å². The Labute approximate surface area is 121 Å². The molecule has 0 unspecified atom stereocenters. The van der Waals surface area contributed by atoms with E-state index >= 15 is 0 Å². The second-order valence-electron chi connectivity index (χ2n) is 4.73. The Hall–Kier alpha value is -2.63. The lowest BCUT2D eigenvalue weighted by molar-refractivity contribution is 0.0682. The highest BCUT2D eigenvalue weighted by Gasteiger charge is 2.13. The van der Waals surface area contributed by atoms with Gasteiger partial charge in [0, 0.05) is 19.2 Å². The van der Waals surface area contributed by atoms with E-state index in [1.54, 1.807) is 16.7 Å². The van der Waals surface area contributed by atoms with Crippen LogP contribution in [0.25, 0.3) is 0 Å². The summed E-state index contributed by atoms with van der Waals surface area (Å²) in [5.41, 5.74) is 1.15. The Morgan fingerprint density at radius 1 is 1.14 bits per heavy atom. The van der Waals surface area contributed by atoms with Crippen molar-refractivity contribution in [2.24, 2.45) is 0 Å². The quantitative estimate of drug-likeness (QED) is 0.850. The van der Waals surface area contributed by atoms with Gasteiger partial charge >= 0.3 is 11.9 Å². The van der Waals surface area contributed by atoms with Crippen molar-refractivity contribution in [3.8, 4) is 0 Å². The standard InChI is InChI=1S/C15H16N2O4/c1-2-3-13-16-12(15(20)21)9-17(13)8-10-4-6-11(7-5-10)14(18)19/h4-7,9H,2-3,8H2,1H3,(H,18,19)(H,20,21). The van der Waals surface area contributed by atoms with Crippen molar-refractivity contribution < 1.29 is 19.8 Å². The number of aryl methyl sites for hydroxylation is 1. The fraction of sp³-hybridized carbons (Fsp3) is 0.267. The lowest BCUT2D eigenvalue weighted by Gasteiger charge is -2.07. The van der Waals surface area contributed by atoms with Crippen LogP contribution in [0, 0.1) is 0 Å². The third-order valence-electron chi connectivity index (χ3n) is 3.11. The normalized spacial score (nSPS) is 10.5. The summed E-state index contributed by atoms with van der Waals surface area (Å²) in [6.07, 6.45) is 3.08. The summed E-state index contributed by atoms with van der Waals surface area (Å²) in [6.45, 7) is 2.47. The maximum absolute atomic E-state index is 11.0. The SMILES string of the molecule is CCCc1nc(C(=O)O)cn1Cc1ccc(C(=O)O)cc1. The van der Waals surface area contributed by atoms with Crippen LogP contribution in [-0.4, -0.2) is 31.7 Å². The van der Waals surface area contributed by atoms with Crippen LogP contribution in [0.2, 0.25) is 0 Å². The molecule has 1 aromatic carbocycles. The monoisotopic (exact) mass is 288 g/mol. The molecule has 2 N–H and O–H groups in total. The minimum absolute atomic E-state index is 0.0283. The fourth-order valence-electron chi connectivity index (χ4n) is 2.07. The number of hydrogen-bond acceptors (Lipinski definition) is 3. The van der Waals surface area contributed by atoms with Crippen LogP contribution in [-0.2, 0) is 13.0 Å². The Morgan fingerprint density at radius 2 is 1.81 bits per heavy atom. The van der Waals surface area contributed by atoms with Crippen molar-refractivity contribution in [3.05, 3.63) is 53.1 Å². The molecule has 0 radical (unpaired) electrons. The minimum atomic E-state index is -1.05. The zero-order chi connectivity index (χ0) is 15.4. The number of rotatable bonds is 6. The van der Waals surface area contributed by atoms with E-state index < -0.39 is 11.9 Å². The molecule has 0 saturated carbocycles. The smallest absolute Gasteiger partial charge is 0.356 e. The van der Waals surface area contributed by atoms with E-state index in [0.29, 0.717) is 13.0 Å². The molecular formula is C15H16N2O4. The first-order valence-electron chi connectivity index (χ1n) is 6.62. The molecule has 0 atom stereocenters. The average Bonchev–Trinajstić information content (AvgIpc) is 2.83. The predicted molar refractivity (Wildman–Crippen MR) is 75.7 cm³/mol. The molecule has 6 heteroatoms. The summed E-state index contributed by atoms with van der Waals surface area (Å²) < 4.78 is 1.79. The molecule has 2 aromatic rings. The first-order valence-corrected chi connectivity index (χ1v) is 6.62. The van der Waals surface area contributed by atoms with Crippen LogP contribution in [0.5, 0.6) is 0 Å². The number of carbonyl (C=O) groups is 2. The van der Waals surface area contributed by atoms with Crippen molar-refractivity contribution in [1.29, 1.82) is 0 Å². The first kappa shape index (κ1) is 14.8. The molecule has 0 bridgehead atoms. The topological polar surface area (TPSA) is 92.4 Å². The van der Waals surface area contributed by atoms with Gasteiger partial charge in [-0.15, -0.1) is 0 Å². The van der Waals surface area contributed by atoms with Crippen molar-refractivity contribution in [1.82, 2.24) is 9.55 Å². The second kappa shape index (κ2) is 6.21. The maximum atomic E-state index is 11.0. The van der Waals surface area contributed by atoms with Crippen molar-refractivity contribution in [3.63, 3.8) is 0 Å². The van der Waals surface area contributed by atoms with Gasteiger partial charge in [0.25, 0.3) is 0 Å². The number of imidazole rings is 1. The molecule has 1 aromatic heterocycles. The van der Waals surface area contributed by atoms with E-state index in [0.717, 1.165) is 17.8 Å². The predicted octanol–water partition coefficient (Wildman–Crippen LogP) is 2.28. The van der Waals surface area contributed by atoms with Gasteiger partial charge in [0.05, 0.1) is 5.56 Å². The van der Waals surface area contributed by atoms with Gasteiger partial charge in [-0.25, -0.2) is 14.6 Å². The summed E-state index contributed by atoms with van der Waals surface area (Å²) in [7, 11) is 0. The number of aromatic carboxylic acids is 2. The van der Waals surface area contributed by atoms with Crippen LogP contribution in [0.4, 0.5) is 0 Å². The Morgan fingerprint density at radius 3 is 2.33 bits per heavy atom. The second-order valence-corrected chi connectivity index (χ2v) is 4.73. The number of nitrogens with zero attached hydrogens (tertiary/aromatic N) is 2. The molecule has 1 heterocycles. The van der Waals surface area contributed by atoms with Crippen LogP contribution in [0.1, 0.15) is 45.6 Å². The zero-order valence-electron chi connectivity index (χ0n) is 11.6. The molecule has 0 fully saturated rings. The molecule has 0 amide bonds. The van der Waals surface area contributed by atoms with Gasteiger partial charge in [0.1, 0.15) is 5.82 Å². The Kier molecular flexibility index (Phi) is 4.37. The van der Waals surface area contributed by atoms with Gasteiger partial charge in [0.15, 0.2) is 5.69 Å². The van der Waals surface area contributed by atoms with E-state index in [-0.39, 0.29) is 11.3 Å². The van der Waals surface area contributed by atoms with Crippen LogP contribution in [0.3, 0.4) is 0 Å². The molecule has 6 nitrogen and oxygen atoms in total. The summed E-state index contributed by atoms with van der Waals surface area (Å²) in [5.74, 6) is -1.30. The van der Waals surface area contributed by atoms with Crippen molar-refractivity contribution in [2.75, 3.05) is 0 Å². The van der Waals surface area contributed by atoms with Crippen LogP contribution >= 0.6 is 0 Å². The van der Waals surface area contributed by atoms with Gasteiger partial charge in [-0.1, -0.05) is 19.1 Å². The molecule has 21 heavy (non-hydrogen) atoms. The Balaban J connectivity index is 2.25.